The van der Waals surface area contributed by atoms with Crippen molar-refractivity contribution in [2.45, 2.75) is 13.0 Å². The molecule has 0 rings (SSSR count). The van der Waals surface area contributed by atoms with E-state index in [9.17, 15) is 4.79 Å². The topological polar surface area (TPSA) is 52.3 Å². The predicted molar refractivity (Wildman–Crippen MR) is 43.0 cm³/mol. The second kappa shape index (κ2) is 5.56. The second-order valence-corrected chi connectivity index (χ2v) is 2.93. The van der Waals surface area contributed by atoms with Crippen LogP contribution in [0.2, 0.25) is 0 Å². The highest BCUT2D eigenvalue weighted by molar-refractivity contribution is 7.98. The Hall–Kier alpha value is -0.220. The summed E-state index contributed by atoms with van der Waals surface area (Å²) in [5.41, 5.74) is 5.24. The van der Waals surface area contributed by atoms with E-state index in [1.807, 2.05) is 6.26 Å². The number of hydrogen-bond donors (Lipinski definition) is 1. The lowest BCUT2D eigenvalue weighted by Crippen LogP contribution is -2.29. The molecular formula is C6H13NO2S. The van der Waals surface area contributed by atoms with Crippen LogP contribution in [0.15, 0.2) is 0 Å². The van der Waals surface area contributed by atoms with Gasteiger partial charge in [-0.3, -0.25) is 4.79 Å². The van der Waals surface area contributed by atoms with Gasteiger partial charge in [0.05, 0.1) is 0 Å². The monoisotopic (exact) mass is 163 g/mol. The van der Waals surface area contributed by atoms with Crippen molar-refractivity contribution in [3.05, 3.63) is 0 Å². The quantitative estimate of drug-likeness (QED) is 0.476. The molecule has 0 aromatic heterocycles. The molecular weight excluding hydrogens is 150 g/mol. The van der Waals surface area contributed by atoms with E-state index >= 15 is 0 Å². The largest absolute Gasteiger partial charge is 0.464 e. The molecule has 0 saturated heterocycles. The first kappa shape index (κ1) is 9.78. The van der Waals surface area contributed by atoms with Crippen LogP contribution in [0, 0.1) is 0 Å². The van der Waals surface area contributed by atoms with E-state index < -0.39 is 6.04 Å². The number of thioether (sulfide) groups is 1. The van der Waals surface area contributed by atoms with Crippen molar-refractivity contribution in [3.8, 4) is 0 Å². The summed E-state index contributed by atoms with van der Waals surface area (Å²) < 4.78 is 4.76. The van der Waals surface area contributed by atoms with Crippen LogP contribution in [0.3, 0.4) is 0 Å². The SMILES string of the molecule is CSCCOC(=O)C(C)N. The number of nitrogens with two attached hydrogens (primary N) is 1. The molecule has 60 valence electrons. The van der Waals surface area contributed by atoms with Gasteiger partial charge < -0.3 is 10.5 Å². The minimum Gasteiger partial charge on any atom is -0.464 e. The minimum atomic E-state index is -0.498. The standard InChI is InChI=1S/C6H13NO2S/c1-5(7)6(8)9-3-4-10-2/h5H,3-4,7H2,1-2H3. The normalized spacial score (nSPS) is 12.7. The Kier molecular flexibility index (Phi) is 5.43. The van der Waals surface area contributed by atoms with Crippen molar-refractivity contribution < 1.29 is 9.53 Å². The van der Waals surface area contributed by atoms with Gasteiger partial charge >= 0.3 is 5.97 Å². The molecule has 3 nitrogen and oxygen atoms in total. The van der Waals surface area contributed by atoms with Crippen LogP contribution < -0.4 is 5.73 Å². The zero-order valence-electron chi connectivity index (χ0n) is 6.29. The Morgan fingerprint density at radius 3 is 2.80 bits per heavy atom. The number of esters is 1. The first-order valence-electron chi connectivity index (χ1n) is 3.09. The van der Waals surface area contributed by atoms with Crippen LogP contribution in [0.1, 0.15) is 6.92 Å². The van der Waals surface area contributed by atoms with Gasteiger partial charge in [-0.05, 0) is 13.2 Å². The van der Waals surface area contributed by atoms with E-state index in [1.54, 1.807) is 18.7 Å². The average Bonchev–Trinajstić information content (AvgIpc) is 1.88. The van der Waals surface area contributed by atoms with Crippen LogP contribution in [0.25, 0.3) is 0 Å². The molecule has 0 spiro atoms. The van der Waals surface area contributed by atoms with E-state index in [4.69, 9.17) is 10.5 Å². The van der Waals surface area contributed by atoms with Crippen molar-refractivity contribution in [2.24, 2.45) is 5.73 Å². The summed E-state index contributed by atoms with van der Waals surface area (Å²) in [6.07, 6.45) is 1.96. The molecule has 0 heterocycles. The van der Waals surface area contributed by atoms with Crippen LogP contribution in [0.4, 0.5) is 0 Å². The van der Waals surface area contributed by atoms with Crippen molar-refractivity contribution in [2.75, 3.05) is 18.6 Å². The lowest BCUT2D eigenvalue weighted by atomic mass is 10.4. The zero-order valence-corrected chi connectivity index (χ0v) is 7.11. The van der Waals surface area contributed by atoms with Crippen molar-refractivity contribution in [1.29, 1.82) is 0 Å². The van der Waals surface area contributed by atoms with Gasteiger partial charge in [-0.15, -0.1) is 0 Å². The predicted octanol–water partition coefficient (Wildman–Crippen LogP) is 0.240. The molecule has 10 heavy (non-hydrogen) atoms. The van der Waals surface area contributed by atoms with Gasteiger partial charge in [-0.1, -0.05) is 0 Å². The van der Waals surface area contributed by atoms with Gasteiger partial charge in [0, 0.05) is 5.75 Å². The first-order chi connectivity index (χ1) is 4.68. The third-order valence-electron chi connectivity index (χ3n) is 0.904. The summed E-state index contributed by atoms with van der Waals surface area (Å²) in [6, 6.07) is -0.498. The summed E-state index contributed by atoms with van der Waals surface area (Å²) in [4.78, 5) is 10.7. The Balaban J connectivity index is 3.22. The fourth-order valence-corrected chi connectivity index (χ4v) is 0.607. The highest BCUT2D eigenvalue weighted by atomic mass is 32.2. The molecule has 0 aromatic carbocycles. The molecule has 0 fully saturated rings. The van der Waals surface area contributed by atoms with Gasteiger partial charge in [0.15, 0.2) is 0 Å². The maximum absolute atomic E-state index is 10.7. The number of hydrogen-bond acceptors (Lipinski definition) is 4. The van der Waals surface area contributed by atoms with Crippen LogP contribution in [-0.2, 0) is 9.53 Å². The van der Waals surface area contributed by atoms with Crippen molar-refractivity contribution >= 4 is 17.7 Å². The van der Waals surface area contributed by atoms with Crippen LogP contribution in [0.5, 0.6) is 0 Å². The number of rotatable bonds is 4. The average molecular weight is 163 g/mol. The van der Waals surface area contributed by atoms with E-state index in [0.717, 1.165) is 5.75 Å². The fourth-order valence-electron chi connectivity index (χ4n) is 0.357. The number of carbonyl (C=O) groups excluding carboxylic acids is 1. The van der Waals surface area contributed by atoms with Crippen LogP contribution in [-0.4, -0.2) is 30.6 Å². The summed E-state index contributed by atoms with van der Waals surface area (Å²) in [7, 11) is 0. The summed E-state index contributed by atoms with van der Waals surface area (Å²) in [5.74, 6) is 0.507. The molecule has 0 aromatic rings. The minimum absolute atomic E-state index is 0.325. The maximum Gasteiger partial charge on any atom is 0.322 e. The van der Waals surface area contributed by atoms with Gasteiger partial charge in [-0.25, -0.2) is 0 Å². The molecule has 0 aliphatic heterocycles. The molecule has 1 unspecified atom stereocenters. The Labute approximate surface area is 65.3 Å². The lowest BCUT2D eigenvalue weighted by molar-refractivity contribution is -0.144. The third kappa shape index (κ3) is 4.64. The molecule has 0 radical (unpaired) electrons. The molecule has 0 aliphatic rings. The molecule has 0 amide bonds. The van der Waals surface area contributed by atoms with Crippen molar-refractivity contribution in [1.82, 2.24) is 0 Å². The smallest absolute Gasteiger partial charge is 0.322 e. The zero-order chi connectivity index (χ0) is 7.98. The third-order valence-corrected chi connectivity index (χ3v) is 1.48. The molecule has 2 N–H and O–H groups in total. The number of ether oxygens (including phenoxy) is 1. The highest BCUT2D eigenvalue weighted by Gasteiger charge is 2.06. The van der Waals surface area contributed by atoms with E-state index in [-0.39, 0.29) is 5.97 Å². The summed E-state index contributed by atoms with van der Waals surface area (Å²) in [5, 5.41) is 0. The molecule has 0 bridgehead atoms. The Morgan fingerprint density at radius 1 is 1.80 bits per heavy atom. The van der Waals surface area contributed by atoms with Gasteiger partial charge in [0.1, 0.15) is 12.6 Å². The first-order valence-corrected chi connectivity index (χ1v) is 4.49. The molecule has 4 heteroatoms. The number of carbonyl (C=O) groups is 1. The van der Waals surface area contributed by atoms with Crippen molar-refractivity contribution in [3.63, 3.8) is 0 Å². The van der Waals surface area contributed by atoms with Crippen LogP contribution >= 0.6 is 11.8 Å². The lowest BCUT2D eigenvalue weighted by Gasteiger charge is -2.04. The Bertz CT molecular complexity index is 106. The van der Waals surface area contributed by atoms with Gasteiger partial charge in [0.25, 0.3) is 0 Å². The Morgan fingerprint density at radius 2 is 2.40 bits per heavy atom. The molecule has 0 aliphatic carbocycles. The summed E-state index contributed by atoms with van der Waals surface area (Å²) in [6.45, 7) is 2.07. The van der Waals surface area contributed by atoms with Gasteiger partial charge in [-0.2, -0.15) is 11.8 Å². The van der Waals surface area contributed by atoms with E-state index in [1.165, 1.54) is 0 Å². The molecule has 1 atom stereocenters. The highest BCUT2D eigenvalue weighted by Crippen LogP contribution is 1.91. The fraction of sp³-hybridized carbons (Fsp3) is 0.833. The van der Waals surface area contributed by atoms with Gasteiger partial charge in [0.2, 0.25) is 0 Å². The van der Waals surface area contributed by atoms with E-state index in [0.29, 0.717) is 6.61 Å². The molecule has 0 saturated carbocycles. The van der Waals surface area contributed by atoms with E-state index in [2.05, 4.69) is 0 Å². The second-order valence-electron chi connectivity index (χ2n) is 1.95. The maximum atomic E-state index is 10.7. The summed E-state index contributed by atoms with van der Waals surface area (Å²) >= 11 is 1.64.